The van der Waals surface area contributed by atoms with Gasteiger partial charge in [0.05, 0.1) is 25.1 Å². The highest BCUT2D eigenvalue weighted by molar-refractivity contribution is 5.70. The summed E-state index contributed by atoms with van der Waals surface area (Å²) in [5, 5.41) is 3.25. The fourth-order valence-electron chi connectivity index (χ4n) is 2.59. The van der Waals surface area contributed by atoms with Crippen molar-refractivity contribution in [2.24, 2.45) is 5.92 Å². The summed E-state index contributed by atoms with van der Waals surface area (Å²) >= 11 is 0. The van der Waals surface area contributed by atoms with Gasteiger partial charge in [-0.3, -0.25) is 0 Å². The minimum Gasteiger partial charge on any atom is -0.497 e. The molecular formula is C17H26FN3O3. The Bertz CT molecular complexity index is 572. The van der Waals surface area contributed by atoms with E-state index in [1.807, 2.05) is 13.8 Å². The number of nitrogen functional groups attached to an aromatic ring is 1. The predicted octanol–water partition coefficient (Wildman–Crippen LogP) is 3.09. The Hall–Kier alpha value is -2.18. The fourth-order valence-corrected chi connectivity index (χ4v) is 2.59. The number of carbonyl (C=O) groups is 1. The maximum absolute atomic E-state index is 13.8. The lowest BCUT2D eigenvalue weighted by Gasteiger charge is -2.32. The molecule has 1 aromatic carbocycles. The third-order valence-corrected chi connectivity index (χ3v) is 3.99. The minimum atomic E-state index is -0.508. The lowest BCUT2D eigenvalue weighted by atomic mass is 10.0. The van der Waals surface area contributed by atoms with E-state index in [1.54, 1.807) is 11.0 Å². The number of rotatable bonds is 5. The molecule has 0 aromatic heterocycles. The Morgan fingerprint density at radius 1 is 1.42 bits per heavy atom. The molecule has 0 spiro atoms. The van der Waals surface area contributed by atoms with Crippen molar-refractivity contribution in [3.63, 3.8) is 0 Å². The lowest BCUT2D eigenvalue weighted by molar-refractivity contribution is 0.0845. The standard InChI is InChI=1S/C17H26FN3O3/c1-11(2)10-24-17(22)21-6-4-12(5-7-21)20-15-9-13(23-3)8-14(18)16(15)19/h8-9,11-12,20H,4-7,10,19H2,1-3H3. The monoisotopic (exact) mass is 339 g/mol. The van der Waals surface area contributed by atoms with Crippen LogP contribution in [0.3, 0.4) is 0 Å². The summed E-state index contributed by atoms with van der Waals surface area (Å²) in [6, 6.07) is 3.06. The van der Waals surface area contributed by atoms with Crippen LogP contribution in [0, 0.1) is 11.7 Å². The molecule has 3 N–H and O–H groups in total. The van der Waals surface area contributed by atoms with Gasteiger partial charge in [0.15, 0.2) is 5.82 Å². The highest BCUT2D eigenvalue weighted by Gasteiger charge is 2.24. The van der Waals surface area contributed by atoms with Gasteiger partial charge < -0.3 is 25.4 Å². The SMILES string of the molecule is COc1cc(F)c(N)c(NC2CCN(C(=O)OCC(C)C)CC2)c1. The first-order valence-corrected chi connectivity index (χ1v) is 8.22. The maximum Gasteiger partial charge on any atom is 0.409 e. The lowest BCUT2D eigenvalue weighted by Crippen LogP contribution is -2.43. The number of benzene rings is 1. The molecule has 1 amide bonds. The predicted molar refractivity (Wildman–Crippen MR) is 91.8 cm³/mol. The molecule has 1 heterocycles. The summed E-state index contributed by atoms with van der Waals surface area (Å²) in [6.45, 7) is 5.63. The van der Waals surface area contributed by atoms with Crippen LogP contribution in [-0.2, 0) is 4.74 Å². The first kappa shape index (κ1) is 18.2. The van der Waals surface area contributed by atoms with E-state index in [0.717, 1.165) is 12.8 Å². The van der Waals surface area contributed by atoms with Crippen LogP contribution in [0.25, 0.3) is 0 Å². The van der Waals surface area contributed by atoms with Crippen LogP contribution in [0.2, 0.25) is 0 Å². The van der Waals surface area contributed by atoms with Gasteiger partial charge in [-0.2, -0.15) is 0 Å². The Morgan fingerprint density at radius 3 is 2.67 bits per heavy atom. The number of ether oxygens (including phenoxy) is 2. The average Bonchev–Trinajstić information content (AvgIpc) is 2.57. The van der Waals surface area contributed by atoms with E-state index in [9.17, 15) is 9.18 Å². The first-order chi connectivity index (χ1) is 11.4. The molecule has 0 radical (unpaired) electrons. The van der Waals surface area contributed by atoms with Crippen molar-refractivity contribution in [3.05, 3.63) is 17.9 Å². The van der Waals surface area contributed by atoms with Gasteiger partial charge in [-0.25, -0.2) is 9.18 Å². The first-order valence-electron chi connectivity index (χ1n) is 8.22. The Balaban J connectivity index is 1.89. The number of nitrogens with two attached hydrogens (primary N) is 1. The van der Waals surface area contributed by atoms with E-state index in [0.29, 0.717) is 37.1 Å². The van der Waals surface area contributed by atoms with Crippen molar-refractivity contribution >= 4 is 17.5 Å². The molecule has 6 nitrogen and oxygen atoms in total. The number of anilines is 2. The second-order valence-electron chi connectivity index (χ2n) is 6.45. The normalized spacial score (nSPS) is 15.5. The second kappa shape index (κ2) is 8.08. The van der Waals surface area contributed by atoms with Crippen molar-refractivity contribution in [1.29, 1.82) is 0 Å². The van der Waals surface area contributed by atoms with Crippen LogP contribution in [0.4, 0.5) is 20.6 Å². The van der Waals surface area contributed by atoms with Crippen LogP contribution < -0.4 is 15.8 Å². The van der Waals surface area contributed by atoms with Gasteiger partial charge >= 0.3 is 6.09 Å². The van der Waals surface area contributed by atoms with E-state index in [2.05, 4.69) is 5.32 Å². The van der Waals surface area contributed by atoms with Gasteiger partial charge in [0.1, 0.15) is 5.75 Å². The molecule has 1 aliphatic heterocycles. The van der Waals surface area contributed by atoms with Crippen LogP contribution in [0.15, 0.2) is 12.1 Å². The molecule has 0 atom stereocenters. The molecule has 0 saturated carbocycles. The number of hydrogen-bond acceptors (Lipinski definition) is 5. The topological polar surface area (TPSA) is 76.8 Å². The number of halogens is 1. The van der Waals surface area contributed by atoms with Gasteiger partial charge in [0.2, 0.25) is 0 Å². The smallest absolute Gasteiger partial charge is 0.409 e. The molecule has 7 heteroatoms. The number of methoxy groups -OCH3 is 1. The summed E-state index contributed by atoms with van der Waals surface area (Å²) in [6.07, 6.45) is 1.22. The summed E-state index contributed by atoms with van der Waals surface area (Å²) in [4.78, 5) is 13.7. The van der Waals surface area contributed by atoms with Crippen molar-refractivity contribution in [2.75, 3.05) is 37.9 Å². The molecule has 2 rings (SSSR count). The zero-order valence-corrected chi connectivity index (χ0v) is 14.5. The molecular weight excluding hydrogens is 313 g/mol. The molecule has 1 fully saturated rings. The van der Waals surface area contributed by atoms with Crippen molar-refractivity contribution in [1.82, 2.24) is 4.90 Å². The van der Waals surface area contributed by atoms with Gasteiger partial charge in [-0.1, -0.05) is 13.8 Å². The van der Waals surface area contributed by atoms with E-state index < -0.39 is 5.82 Å². The number of piperidine rings is 1. The second-order valence-corrected chi connectivity index (χ2v) is 6.45. The van der Waals surface area contributed by atoms with Crippen molar-refractivity contribution in [3.8, 4) is 5.75 Å². The largest absolute Gasteiger partial charge is 0.497 e. The molecule has 1 aliphatic rings. The van der Waals surface area contributed by atoms with Crippen LogP contribution in [0.1, 0.15) is 26.7 Å². The number of hydrogen-bond donors (Lipinski definition) is 2. The van der Waals surface area contributed by atoms with E-state index in [1.165, 1.54) is 13.2 Å². The van der Waals surface area contributed by atoms with E-state index in [-0.39, 0.29) is 17.8 Å². The molecule has 24 heavy (non-hydrogen) atoms. The fraction of sp³-hybridized carbons (Fsp3) is 0.588. The zero-order valence-electron chi connectivity index (χ0n) is 14.5. The molecule has 0 unspecified atom stereocenters. The summed E-state index contributed by atoms with van der Waals surface area (Å²) < 4.78 is 24.1. The quantitative estimate of drug-likeness (QED) is 0.806. The molecule has 1 aromatic rings. The number of nitrogens with one attached hydrogen (secondary N) is 1. The Kier molecular flexibility index (Phi) is 6.11. The summed E-state index contributed by atoms with van der Waals surface area (Å²) in [7, 11) is 1.48. The third kappa shape index (κ3) is 4.66. The van der Waals surface area contributed by atoms with Crippen LogP contribution in [-0.4, -0.2) is 43.8 Å². The minimum absolute atomic E-state index is 0.0783. The number of nitrogens with zero attached hydrogens (tertiary/aromatic N) is 1. The van der Waals surface area contributed by atoms with E-state index in [4.69, 9.17) is 15.2 Å². The molecule has 0 aliphatic carbocycles. The van der Waals surface area contributed by atoms with Gasteiger partial charge in [-0.05, 0) is 18.8 Å². The molecule has 134 valence electrons. The number of likely N-dealkylation sites (tertiary alicyclic amines) is 1. The van der Waals surface area contributed by atoms with Crippen LogP contribution in [0.5, 0.6) is 5.75 Å². The highest BCUT2D eigenvalue weighted by atomic mass is 19.1. The molecule has 0 bridgehead atoms. The molecule has 1 saturated heterocycles. The Labute approximate surface area is 142 Å². The van der Waals surface area contributed by atoms with E-state index >= 15 is 0 Å². The van der Waals surface area contributed by atoms with Gasteiger partial charge in [-0.15, -0.1) is 0 Å². The van der Waals surface area contributed by atoms with Gasteiger partial charge in [0, 0.05) is 31.3 Å². The van der Waals surface area contributed by atoms with Gasteiger partial charge in [0.25, 0.3) is 0 Å². The summed E-state index contributed by atoms with van der Waals surface area (Å²) in [5.41, 5.74) is 6.39. The van der Waals surface area contributed by atoms with Crippen LogP contribution >= 0.6 is 0 Å². The van der Waals surface area contributed by atoms with Crippen molar-refractivity contribution < 1.29 is 18.7 Å². The highest BCUT2D eigenvalue weighted by Crippen LogP contribution is 2.29. The number of carbonyl (C=O) groups excluding carboxylic acids is 1. The third-order valence-electron chi connectivity index (χ3n) is 3.99. The summed E-state index contributed by atoms with van der Waals surface area (Å²) in [5.74, 6) is 0.226. The average molecular weight is 339 g/mol. The Morgan fingerprint density at radius 2 is 2.08 bits per heavy atom. The van der Waals surface area contributed by atoms with Crippen molar-refractivity contribution in [2.45, 2.75) is 32.7 Å². The number of amides is 1. The maximum atomic E-state index is 13.8. The zero-order chi connectivity index (χ0) is 17.7.